The zero-order valence-corrected chi connectivity index (χ0v) is 16.0. The maximum absolute atomic E-state index is 11.9. The summed E-state index contributed by atoms with van der Waals surface area (Å²) in [5, 5.41) is 1.93. The van der Waals surface area contributed by atoms with Crippen LogP contribution in [0.2, 0.25) is 0 Å². The SMILES string of the molecule is CCOC(=O)c1cc2cc(C#CC3=C(C)CCCC3(C)C)ccc2cn1. The summed E-state index contributed by atoms with van der Waals surface area (Å²) in [7, 11) is 0. The van der Waals surface area contributed by atoms with Crippen molar-refractivity contribution in [2.45, 2.75) is 47.0 Å². The Morgan fingerprint density at radius 3 is 2.77 bits per heavy atom. The molecule has 134 valence electrons. The van der Waals surface area contributed by atoms with Gasteiger partial charge in [-0.2, -0.15) is 0 Å². The standard InChI is InChI=1S/C23H25NO2/c1-5-26-22(25)21-14-19-13-17(8-10-18(19)15-24-21)9-11-20-16(2)7-6-12-23(20,3)4/h8,10,13-15H,5-7,12H2,1-4H3. The first-order valence-electron chi connectivity index (χ1n) is 9.20. The van der Waals surface area contributed by atoms with Gasteiger partial charge in [-0.3, -0.25) is 0 Å². The molecule has 3 nitrogen and oxygen atoms in total. The Balaban J connectivity index is 1.96. The van der Waals surface area contributed by atoms with Crippen molar-refractivity contribution in [1.29, 1.82) is 0 Å². The molecule has 1 aromatic heterocycles. The van der Waals surface area contributed by atoms with Crippen LogP contribution in [-0.2, 0) is 4.74 Å². The van der Waals surface area contributed by atoms with Crippen molar-refractivity contribution >= 4 is 16.7 Å². The summed E-state index contributed by atoms with van der Waals surface area (Å²) in [5.41, 5.74) is 4.10. The number of carbonyl (C=O) groups excluding carboxylic acids is 1. The van der Waals surface area contributed by atoms with Gasteiger partial charge in [-0.05, 0) is 62.1 Å². The number of pyridine rings is 1. The van der Waals surface area contributed by atoms with Crippen molar-refractivity contribution < 1.29 is 9.53 Å². The molecule has 3 rings (SSSR count). The molecule has 1 aromatic carbocycles. The fourth-order valence-electron chi connectivity index (χ4n) is 3.57. The van der Waals surface area contributed by atoms with E-state index in [2.05, 4.69) is 37.6 Å². The molecular formula is C23H25NO2. The van der Waals surface area contributed by atoms with Crippen LogP contribution in [0.25, 0.3) is 10.8 Å². The molecule has 0 unspecified atom stereocenters. The maximum Gasteiger partial charge on any atom is 0.356 e. The minimum Gasteiger partial charge on any atom is -0.461 e. The first-order chi connectivity index (χ1) is 12.4. The van der Waals surface area contributed by atoms with E-state index in [1.165, 1.54) is 24.0 Å². The van der Waals surface area contributed by atoms with Gasteiger partial charge in [-0.15, -0.1) is 0 Å². The van der Waals surface area contributed by atoms with E-state index in [0.717, 1.165) is 22.8 Å². The second-order valence-corrected chi connectivity index (χ2v) is 7.49. The number of allylic oxidation sites excluding steroid dienone is 2. The molecule has 1 aliphatic carbocycles. The molecule has 1 aliphatic rings. The number of rotatable bonds is 2. The monoisotopic (exact) mass is 347 g/mol. The van der Waals surface area contributed by atoms with Gasteiger partial charge in [-0.1, -0.05) is 37.3 Å². The predicted octanol–water partition coefficient (Wildman–Crippen LogP) is 5.29. The molecule has 0 amide bonds. The van der Waals surface area contributed by atoms with Gasteiger partial charge in [0.2, 0.25) is 0 Å². The van der Waals surface area contributed by atoms with Gasteiger partial charge < -0.3 is 4.74 Å². The third-order valence-corrected chi connectivity index (χ3v) is 5.00. The maximum atomic E-state index is 11.9. The van der Waals surface area contributed by atoms with E-state index in [0.29, 0.717) is 12.3 Å². The van der Waals surface area contributed by atoms with Crippen LogP contribution in [0.4, 0.5) is 0 Å². The van der Waals surface area contributed by atoms with Gasteiger partial charge in [0.05, 0.1) is 6.61 Å². The van der Waals surface area contributed by atoms with E-state index in [4.69, 9.17) is 4.74 Å². The first-order valence-corrected chi connectivity index (χ1v) is 9.20. The van der Waals surface area contributed by atoms with E-state index in [1.807, 2.05) is 18.2 Å². The minimum atomic E-state index is -0.393. The lowest BCUT2D eigenvalue weighted by atomic mass is 9.73. The average molecular weight is 347 g/mol. The summed E-state index contributed by atoms with van der Waals surface area (Å²) in [6, 6.07) is 7.79. The molecule has 3 heteroatoms. The summed E-state index contributed by atoms with van der Waals surface area (Å²) < 4.78 is 5.03. The topological polar surface area (TPSA) is 39.2 Å². The first kappa shape index (κ1) is 18.2. The lowest BCUT2D eigenvalue weighted by Gasteiger charge is -2.31. The van der Waals surface area contributed by atoms with Crippen LogP contribution in [0.5, 0.6) is 0 Å². The Hall–Kier alpha value is -2.60. The van der Waals surface area contributed by atoms with Crippen molar-refractivity contribution in [3.63, 3.8) is 0 Å². The molecule has 0 radical (unpaired) electrons. The van der Waals surface area contributed by atoms with Crippen LogP contribution in [0.3, 0.4) is 0 Å². The fourth-order valence-corrected chi connectivity index (χ4v) is 3.57. The number of esters is 1. The van der Waals surface area contributed by atoms with E-state index in [9.17, 15) is 4.79 Å². The number of ether oxygens (including phenoxy) is 1. The molecule has 0 spiro atoms. The van der Waals surface area contributed by atoms with Gasteiger partial charge in [0, 0.05) is 22.7 Å². The van der Waals surface area contributed by atoms with Gasteiger partial charge >= 0.3 is 5.97 Å². The Bertz CT molecular complexity index is 942. The molecule has 0 saturated heterocycles. The number of nitrogens with zero attached hydrogens (tertiary/aromatic N) is 1. The number of fused-ring (bicyclic) bond motifs is 1. The van der Waals surface area contributed by atoms with Crippen molar-refractivity contribution in [2.75, 3.05) is 6.61 Å². The van der Waals surface area contributed by atoms with Crippen LogP contribution < -0.4 is 0 Å². The molecule has 0 N–H and O–H groups in total. The zero-order valence-electron chi connectivity index (χ0n) is 16.0. The van der Waals surface area contributed by atoms with E-state index >= 15 is 0 Å². The zero-order chi connectivity index (χ0) is 18.7. The normalized spacial score (nSPS) is 16.2. The second kappa shape index (κ2) is 7.33. The Morgan fingerprint density at radius 1 is 1.23 bits per heavy atom. The van der Waals surface area contributed by atoms with Crippen molar-refractivity contribution in [3.8, 4) is 11.8 Å². The van der Waals surface area contributed by atoms with Crippen molar-refractivity contribution in [2.24, 2.45) is 5.41 Å². The molecule has 0 atom stereocenters. The fraction of sp³-hybridized carbons (Fsp3) is 0.391. The Kier molecular flexibility index (Phi) is 5.13. The van der Waals surface area contributed by atoms with Crippen LogP contribution in [-0.4, -0.2) is 17.6 Å². The second-order valence-electron chi connectivity index (χ2n) is 7.49. The van der Waals surface area contributed by atoms with Crippen LogP contribution >= 0.6 is 0 Å². The molecule has 1 heterocycles. The van der Waals surface area contributed by atoms with Crippen LogP contribution in [0.15, 0.2) is 41.6 Å². The van der Waals surface area contributed by atoms with E-state index in [1.54, 1.807) is 19.2 Å². The third-order valence-electron chi connectivity index (χ3n) is 5.00. The largest absolute Gasteiger partial charge is 0.461 e. The van der Waals surface area contributed by atoms with Crippen LogP contribution in [0.1, 0.15) is 63.0 Å². The molecule has 0 aliphatic heterocycles. The van der Waals surface area contributed by atoms with Gasteiger partial charge in [0.15, 0.2) is 0 Å². The average Bonchev–Trinajstić information content (AvgIpc) is 2.60. The summed E-state index contributed by atoms with van der Waals surface area (Å²) in [4.78, 5) is 16.1. The summed E-state index contributed by atoms with van der Waals surface area (Å²) in [5.74, 6) is 6.35. The van der Waals surface area contributed by atoms with Gasteiger partial charge in [-0.25, -0.2) is 9.78 Å². The van der Waals surface area contributed by atoms with E-state index in [-0.39, 0.29) is 5.41 Å². The molecule has 0 saturated carbocycles. The molecule has 0 fully saturated rings. The number of hydrogen-bond acceptors (Lipinski definition) is 3. The summed E-state index contributed by atoms with van der Waals surface area (Å²) in [6.45, 7) is 8.88. The highest BCUT2D eigenvalue weighted by Gasteiger charge is 2.27. The van der Waals surface area contributed by atoms with Crippen molar-refractivity contribution in [1.82, 2.24) is 4.98 Å². The highest BCUT2D eigenvalue weighted by molar-refractivity contribution is 5.93. The number of carbonyl (C=O) groups is 1. The highest BCUT2D eigenvalue weighted by atomic mass is 16.5. The summed E-state index contributed by atoms with van der Waals surface area (Å²) in [6.07, 6.45) is 5.26. The van der Waals surface area contributed by atoms with E-state index < -0.39 is 5.97 Å². The lowest BCUT2D eigenvalue weighted by molar-refractivity contribution is 0.0519. The molecule has 2 aromatic rings. The third kappa shape index (κ3) is 3.80. The Morgan fingerprint density at radius 2 is 2.04 bits per heavy atom. The van der Waals surface area contributed by atoms with Gasteiger partial charge in [0.1, 0.15) is 5.69 Å². The van der Waals surface area contributed by atoms with Crippen molar-refractivity contribution in [3.05, 3.63) is 52.9 Å². The molecular weight excluding hydrogens is 322 g/mol. The summed E-state index contributed by atoms with van der Waals surface area (Å²) >= 11 is 0. The highest BCUT2D eigenvalue weighted by Crippen LogP contribution is 2.39. The van der Waals surface area contributed by atoms with Gasteiger partial charge in [0.25, 0.3) is 0 Å². The Labute approximate surface area is 155 Å². The smallest absolute Gasteiger partial charge is 0.356 e. The quantitative estimate of drug-likeness (QED) is 0.547. The number of benzene rings is 1. The lowest BCUT2D eigenvalue weighted by Crippen LogP contribution is -2.19. The van der Waals surface area contributed by atoms with Crippen LogP contribution in [0, 0.1) is 17.3 Å². The predicted molar refractivity (Wildman–Crippen MR) is 105 cm³/mol. The number of aromatic nitrogens is 1. The molecule has 0 bridgehead atoms. The number of hydrogen-bond donors (Lipinski definition) is 0. The molecule has 26 heavy (non-hydrogen) atoms. The minimum absolute atomic E-state index is 0.146.